The molecule has 0 saturated heterocycles. The van der Waals surface area contributed by atoms with E-state index in [9.17, 15) is 13.2 Å². The van der Waals surface area contributed by atoms with Gasteiger partial charge in [0.2, 0.25) is 21.7 Å². The lowest BCUT2D eigenvalue weighted by molar-refractivity contribution is 0.102. The van der Waals surface area contributed by atoms with E-state index < -0.39 is 10.0 Å². The van der Waals surface area contributed by atoms with Crippen LogP contribution >= 0.6 is 0 Å². The Morgan fingerprint density at radius 3 is 2.69 bits per heavy atom. The van der Waals surface area contributed by atoms with E-state index in [0.29, 0.717) is 40.6 Å². The highest BCUT2D eigenvalue weighted by atomic mass is 32.2. The molecule has 1 amide bonds. The van der Waals surface area contributed by atoms with Crippen LogP contribution in [0.4, 0.5) is 11.4 Å². The second kappa shape index (κ2) is 7.00. The van der Waals surface area contributed by atoms with Crippen LogP contribution in [0.5, 0.6) is 0 Å². The summed E-state index contributed by atoms with van der Waals surface area (Å²) in [4.78, 5) is 17.1. The Hall–Kier alpha value is -3.20. The molecule has 1 aliphatic rings. The van der Waals surface area contributed by atoms with Crippen LogP contribution in [0.2, 0.25) is 0 Å². The molecule has 1 unspecified atom stereocenters. The van der Waals surface area contributed by atoms with Gasteiger partial charge in [-0.2, -0.15) is 4.98 Å². The van der Waals surface area contributed by atoms with Crippen molar-refractivity contribution in [3.05, 3.63) is 59.5 Å². The first-order valence-corrected chi connectivity index (χ1v) is 10.9. The lowest BCUT2D eigenvalue weighted by Crippen LogP contribution is -2.34. The highest BCUT2D eigenvalue weighted by Crippen LogP contribution is 2.35. The predicted molar refractivity (Wildman–Crippen MR) is 109 cm³/mol. The maximum absolute atomic E-state index is 12.9. The minimum atomic E-state index is -3.37. The number of aryl methyl sites for hydroxylation is 1. The Labute approximate surface area is 168 Å². The number of carbonyl (C=O) groups is 1. The maximum atomic E-state index is 12.9. The molecule has 3 aromatic rings. The van der Waals surface area contributed by atoms with Gasteiger partial charge in [-0.3, -0.25) is 9.10 Å². The number of sulfonamides is 1. The zero-order valence-corrected chi connectivity index (χ0v) is 17.0. The molecule has 0 radical (unpaired) electrons. The van der Waals surface area contributed by atoms with E-state index in [0.717, 1.165) is 5.56 Å². The summed E-state index contributed by atoms with van der Waals surface area (Å²) in [5.41, 5.74) is 3.11. The maximum Gasteiger partial charge on any atom is 0.255 e. The van der Waals surface area contributed by atoms with Crippen LogP contribution in [-0.2, 0) is 16.4 Å². The van der Waals surface area contributed by atoms with Gasteiger partial charge in [-0.1, -0.05) is 17.3 Å². The van der Waals surface area contributed by atoms with Crippen LogP contribution in [0, 0.1) is 6.92 Å². The van der Waals surface area contributed by atoms with E-state index in [1.807, 2.05) is 13.0 Å². The molecule has 2 aromatic carbocycles. The third-order valence-electron chi connectivity index (χ3n) is 4.80. The predicted octanol–water partition coefficient (Wildman–Crippen LogP) is 3.01. The summed E-state index contributed by atoms with van der Waals surface area (Å²) in [6, 6.07) is 12.1. The van der Waals surface area contributed by atoms with Gasteiger partial charge in [-0.15, -0.1) is 0 Å². The molecular weight excluding hydrogens is 392 g/mol. The lowest BCUT2D eigenvalue weighted by Gasteiger charge is -2.21. The third-order valence-corrected chi connectivity index (χ3v) is 6.07. The number of para-hydroxylation sites is 1. The first kappa shape index (κ1) is 19.1. The largest absolute Gasteiger partial charge is 0.339 e. The summed E-state index contributed by atoms with van der Waals surface area (Å²) in [6.07, 6.45) is 1.75. The van der Waals surface area contributed by atoms with Crippen molar-refractivity contribution in [3.63, 3.8) is 0 Å². The normalized spacial score (nSPS) is 16.0. The van der Waals surface area contributed by atoms with Crippen molar-refractivity contribution in [3.8, 4) is 11.4 Å². The molecule has 9 heteroatoms. The van der Waals surface area contributed by atoms with Gasteiger partial charge in [0, 0.05) is 24.1 Å². The van der Waals surface area contributed by atoms with Crippen LogP contribution < -0.4 is 9.62 Å². The SMILES string of the molecule is Cc1nc(-c2ccccc2NC(=O)c2ccc3c(c2)CC(C)N3S(C)(=O)=O)no1. The van der Waals surface area contributed by atoms with Gasteiger partial charge in [0.1, 0.15) is 0 Å². The Morgan fingerprint density at radius 1 is 1.24 bits per heavy atom. The molecule has 8 nitrogen and oxygen atoms in total. The number of amides is 1. The first-order chi connectivity index (χ1) is 13.7. The molecule has 1 N–H and O–H groups in total. The van der Waals surface area contributed by atoms with Crippen molar-refractivity contribution in [1.29, 1.82) is 0 Å². The number of hydrogen-bond acceptors (Lipinski definition) is 6. The highest BCUT2D eigenvalue weighted by Gasteiger charge is 2.32. The Balaban J connectivity index is 1.63. The van der Waals surface area contributed by atoms with Crippen molar-refractivity contribution < 1.29 is 17.7 Å². The number of nitrogens with zero attached hydrogens (tertiary/aromatic N) is 3. The van der Waals surface area contributed by atoms with Gasteiger partial charge < -0.3 is 9.84 Å². The van der Waals surface area contributed by atoms with Crippen molar-refractivity contribution >= 4 is 27.3 Å². The molecule has 0 bridgehead atoms. The Morgan fingerprint density at radius 2 is 2.00 bits per heavy atom. The lowest BCUT2D eigenvalue weighted by atomic mass is 10.1. The van der Waals surface area contributed by atoms with Gasteiger partial charge in [0.05, 0.1) is 17.6 Å². The van der Waals surface area contributed by atoms with Crippen LogP contribution in [0.1, 0.15) is 28.7 Å². The van der Waals surface area contributed by atoms with E-state index in [4.69, 9.17) is 4.52 Å². The second-order valence-electron chi connectivity index (χ2n) is 7.09. The van der Waals surface area contributed by atoms with Gasteiger partial charge in [-0.25, -0.2) is 8.42 Å². The molecule has 29 heavy (non-hydrogen) atoms. The molecular formula is C20H20N4O4S. The summed E-state index contributed by atoms with van der Waals surface area (Å²) in [5.74, 6) is 0.528. The van der Waals surface area contributed by atoms with Gasteiger partial charge in [-0.05, 0) is 49.2 Å². The number of fused-ring (bicyclic) bond motifs is 1. The topological polar surface area (TPSA) is 105 Å². The van der Waals surface area contributed by atoms with Crippen molar-refractivity contribution in [1.82, 2.24) is 10.1 Å². The molecule has 0 spiro atoms. The molecule has 150 valence electrons. The number of carbonyl (C=O) groups excluding carboxylic acids is 1. The van der Waals surface area contributed by atoms with E-state index in [2.05, 4.69) is 15.5 Å². The number of benzene rings is 2. The standard InChI is InChI=1S/C20H20N4O4S/c1-12-10-15-11-14(8-9-18(15)24(12)29(3,26)27)20(25)22-17-7-5-4-6-16(17)19-21-13(2)28-23-19/h4-9,11-12H,10H2,1-3H3,(H,22,25). The number of anilines is 2. The van der Waals surface area contributed by atoms with E-state index in [1.54, 1.807) is 43.3 Å². The summed E-state index contributed by atoms with van der Waals surface area (Å²) in [7, 11) is -3.37. The van der Waals surface area contributed by atoms with Crippen LogP contribution in [0.15, 0.2) is 47.0 Å². The number of aromatic nitrogens is 2. The summed E-state index contributed by atoms with van der Waals surface area (Å²) >= 11 is 0. The summed E-state index contributed by atoms with van der Waals surface area (Å²) in [5, 5.41) is 6.80. The highest BCUT2D eigenvalue weighted by molar-refractivity contribution is 7.92. The zero-order valence-electron chi connectivity index (χ0n) is 16.2. The minimum absolute atomic E-state index is 0.180. The molecule has 1 atom stereocenters. The molecule has 0 fully saturated rings. The van der Waals surface area contributed by atoms with Gasteiger partial charge >= 0.3 is 0 Å². The van der Waals surface area contributed by atoms with Crippen molar-refractivity contribution in [2.24, 2.45) is 0 Å². The van der Waals surface area contributed by atoms with Crippen molar-refractivity contribution in [2.45, 2.75) is 26.3 Å². The summed E-state index contributed by atoms with van der Waals surface area (Å²) < 4.78 is 30.6. The quantitative estimate of drug-likeness (QED) is 0.706. The Kier molecular flexibility index (Phi) is 4.62. The van der Waals surface area contributed by atoms with Gasteiger partial charge in [0.25, 0.3) is 5.91 Å². The number of hydrogen-bond donors (Lipinski definition) is 1. The molecule has 1 aliphatic heterocycles. The van der Waals surface area contributed by atoms with Gasteiger partial charge in [0.15, 0.2) is 0 Å². The molecule has 0 saturated carbocycles. The average molecular weight is 412 g/mol. The number of rotatable bonds is 4. The second-order valence-corrected chi connectivity index (χ2v) is 8.95. The molecule has 2 heterocycles. The fourth-order valence-electron chi connectivity index (χ4n) is 3.64. The average Bonchev–Trinajstić information content (AvgIpc) is 3.23. The smallest absolute Gasteiger partial charge is 0.255 e. The fraction of sp³-hybridized carbons (Fsp3) is 0.250. The van der Waals surface area contributed by atoms with Crippen LogP contribution in [-0.4, -0.2) is 36.8 Å². The Bertz CT molecular complexity index is 1200. The van der Waals surface area contributed by atoms with E-state index in [-0.39, 0.29) is 11.9 Å². The summed E-state index contributed by atoms with van der Waals surface area (Å²) in [6.45, 7) is 3.55. The first-order valence-electron chi connectivity index (χ1n) is 9.07. The minimum Gasteiger partial charge on any atom is -0.339 e. The fourth-order valence-corrected chi connectivity index (χ4v) is 4.90. The van der Waals surface area contributed by atoms with Crippen LogP contribution in [0.25, 0.3) is 11.4 Å². The molecule has 1 aromatic heterocycles. The van der Waals surface area contributed by atoms with E-state index >= 15 is 0 Å². The van der Waals surface area contributed by atoms with Crippen LogP contribution in [0.3, 0.4) is 0 Å². The monoisotopic (exact) mass is 412 g/mol. The molecule has 0 aliphatic carbocycles. The zero-order chi connectivity index (χ0) is 20.8. The third kappa shape index (κ3) is 3.61. The number of nitrogens with one attached hydrogen (secondary N) is 1. The molecule has 4 rings (SSSR count). The van der Waals surface area contributed by atoms with Crippen molar-refractivity contribution in [2.75, 3.05) is 15.9 Å². The van der Waals surface area contributed by atoms with E-state index in [1.165, 1.54) is 10.6 Å².